The average molecular weight is 398 g/mol. The Balaban J connectivity index is 2.06. The molecule has 0 aliphatic rings. The summed E-state index contributed by atoms with van der Waals surface area (Å²) in [4.78, 5) is 12.4. The summed E-state index contributed by atoms with van der Waals surface area (Å²) in [5.74, 6) is 1.34. The number of carbonyl (C=O) groups excluding carboxylic acids is 1. The molecule has 29 heavy (non-hydrogen) atoms. The molecule has 0 aromatic heterocycles. The number of carbonyl (C=O) groups is 1. The molecule has 1 N–H and O–H groups in total. The lowest BCUT2D eigenvalue weighted by Crippen LogP contribution is -2.22. The normalized spacial score (nSPS) is 12.0. The first-order valence-electron chi connectivity index (χ1n) is 10.2. The van der Waals surface area contributed by atoms with Gasteiger partial charge in [-0.3, -0.25) is 4.79 Å². The quantitative estimate of drug-likeness (QED) is 0.642. The number of nitrogens with one attached hydrogen (secondary N) is 1. The molecule has 4 nitrogen and oxygen atoms in total. The SMILES string of the molecule is CC(C)Oc1ccc(NC(=O)COc2ccc(C(C)(C)C)cc2C(C)(C)C)cc1. The van der Waals surface area contributed by atoms with Gasteiger partial charge in [0.2, 0.25) is 0 Å². The lowest BCUT2D eigenvalue weighted by atomic mass is 9.80. The molecule has 0 fully saturated rings. The second kappa shape index (κ2) is 8.89. The Kier molecular flexibility index (Phi) is 6.99. The molecule has 2 rings (SSSR count). The smallest absolute Gasteiger partial charge is 0.262 e. The second-order valence-electron chi connectivity index (χ2n) is 9.74. The first-order valence-corrected chi connectivity index (χ1v) is 10.2. The molecular weight excluding hydrogens is 362 g/mol. The third kappa shape index (κ3) is 6.81. The Hall–Kier alpha value is -2.49. The highest BCUT2D eigenvalue weighted by atomic mass is 16.5. The summed E-state index contributed by atoms with van der Waals surface area (Å²) < 4.78 is 11.5. The lowest BCUT2D eigenvalue weighted by Gasteiger charge is -2.27. The van der Waals surface area contributed by atoms with Crippen LogP contribution in [0, 0.1) is 0 Å². The largest absolute Gasteiger partial charge is 0.491 e. The van der Waals surface area contributed by atoms with E-state index in [1.807, 2.05) is 44.2 Å². The van der Waals surface area contributed by atoms with Crippen molar-refractivity contribution in [2.45, 2.75) is 72.3 Å². The highest BCUT2D eigenvalue weighted by Crippen LogP contribution is 2.35. The third-order valence-corrected chi connectivity index (χ3v) is 4.52. The van der Waals surface area contributed by atoms with Crippen LogP contribution in [-0.2, 0) is 15.6 Å². The topological polar surface area (TPSA) is 47.6 Å². The van der Waals surface area contributed by atoms with Crippen molar-refractivity contribution in [2.75, 3.05) is 11.9 Å². The molecular formula is C25H35NO3. The molecule has 0 unspecified atom stereocenters. The van der Waals surface area contributed by atoms with Crippen molar-refractivity contribution in [2.24, 2.45) is 0 Å². The van der Waals surface area contributed by atoms with Gasteiger partial charge in [0.25, 0.3) is 5.91 Å². The fraction of sp³-hybridized carbons (Fsp3) is 0.480. The summed E-state index contributed by atoms with van der Waals surface area (Å²) in [5, 5.41) is 2.87. The molecule has 0 saturated heterocycles. The number of benzene rings is 2. The van der Waals surface area contributed by atoms with Crippen LogP contribution in [0.5, 0.6) is 11.5 Å². The number of amides is 1. The van der Waals surface area contributed by atoms with Gasteiger partial charge in [0.15, 0.2) is 6.61 Å². The van der Waals surface area contributed by atoms with E-state index in [1.165, 1.54) is 5.56 Å². The van der Waals surface area contributed by atoms with Crippen LogP contribution in [0.1, 0.15) is 66.5 Å². The van der Waals surface area contributed by atoms with Crippen LogP contribution in [-0.4, -0.2) is 18.6 Å². The van der Waals surface area contributed by atoms with Crippen LogP contribution in [0.15, 0.2) is 42.5 Å². The summed E-state index contributed by atoms with van der Waals surface area (Å²) in [6.45, 7) is 17.0. The number of ether oxygens (including phenoxy) is 2. The van der Waals surface area contributed by atoms with Gasteiger partial charge in [-0.2, -0.15) is 0 Å². The molecule has 0 bridgehead atoms. The molecule has 0 spiro atoms. The van der Waals surface area contributed by atoms with Crippen molar-refractivity contribution in [3.63, 3.8) is 0 Å². The first kappa shape index (κ1) is 22.8. The van der Waals surface area contributed by atoms with E-state index in [4.69, 9.17) is 9.47 Å². The predicted octanol–water partition coefficient (Wildman–Crippen LogP) is 6.09. The second-order valence-corrected chi connectivity index (χ2v) is 9.74. The maximum atomic E-state index is 12.4. The minimum Gasteiger partial charge on any atom is -0.491 e. The minimum atomic E-state index is -0.192. The van der Waals surface area contributed by atoms with Crippen LogP contribution in [0.3, 0.4) is 0 Å². The van der Waals surface area contributed by atoms with Gasteiger partial charge < -0.3 is 14.8 Å². The number of anilines is 1. The highest BCUT2D eigenvalue weighted by Gasteiger charge is 2.23. The Morgan fingerprint density at radius 2 is 1.55 bits per heavy atom. The first-order chi connectivity index (χ1) is 13.4. The zero-order chi connectivity index (χ0) is 21.8. The van der Waals surface area contributed by atoms with E-state index in [2.05, 4.69) is 59.0 Å². The highest BCUT2D eigenvalue weighted by molar-refractivity contribution is 5.91. The van der Waals surface area contributed by atoms with E-state index < -0.39 is 0 Å². The van der Waals surface area contributed by atoms with Gasteiger partial charge >= 0.3 is 0 Å². The van der Waals surface area contributed by atoms with Crippen molar-refractivity contribution in [1.29, 1.82) is 0 Å². The molecule has 0 saturated carbocycles. The fourth-order valence-corrected chi connectivity index (χ4v) is 2.94. The fourth-order valence-electron chi connectivity index (χ4n) is 2.94. The lowest BCUT2D eigenvalue weighted by molar-refractivity contribution is -0.118. The number of rotatable bonds is 6. The third-order valence-electron chi connectivity index (χ3n) is 4.52. The monoisotopic (exact) mass is 397 g/mol. The van der Waals surface area contributed by atoms with Crippen LogP contribution in [0.25, 0.3) is 0 Å². The molecule has 0 radical (unpaired) electrons. The molecule has 0 aliphatic carbocycles. The average Bonchev–Trinajstić information content (AvgIpc) is 2.59. The Labute approximate surface area is 175 Å². The summed E-state index contributed by atoms with van der Waals surface area (Å²) in [5.41, 5.74) is 3.05. The zero-order valence-electron chi connectivity index (χ0n) is 19.1. The molecule has 1 amide bonds. The van der Waals surface area contributed by atoms with Gasteiger partial charge in [0, 0.05) is 5.69 Å². The minimum absolute atomic E-state index is 0.0395. The van der Waals surface area contributed by atoms with Gasteiger partial charge in [0.05, 0.1) is 6.10 Å². The van der Waals surface area contributed by atoms with Gasteiger partial charge in [-0.15, -0.1) is 0 Å². The molecule has 0 aliphatic heterocycles. The zero-order valence-corrected chi connectivity index (χ0v) is 19.1. The van der Waals surface area contributed by atoms with Crippen molar-refractivity contribution < 1.29 is 14.3 Å². The van der Waals surface area contributed by atoms with Gasteiger partial charge in [-0.1, -0.05) is 53.7 Å². The van der Waals surface area contributed by atoms with Gasteiger partial charge in [0.1, 0.15) is 11.5 Å². The van der Waals surface area contributed by atoms with Crippen molar-refractivity contribution in [3.8, 4) is 11.5 Å². The van der Waals surface area contributed by atoms with E-state index in [9.17, 15) is 4.79 Å². The molecule has 2 aromatic carbocycles. The van der Waals surface area contributed by atoms with Crippen LogP contribution in [0.4, 0.5) is 5.69 Å². The van der Waals surface area contributed by atoms with Crippen molar-refractivity contribution >= 4 is 11.6 Å². The maximum absolute atomic E-state index is 12.4. The number of hydrogen-bond donors (Lipinski definition) is 1. The maximum Gasteiger partial charge on any atom is 0.262 e. The Morgan fingerprint density at radius 1 is 0.931 bits per heavy atom. The van der Waals surface area contributed by atoms with Crippen LogP contribution >= 0.6 is 0 Å². The summed E-state index contributed by atoms with van der Waals surface area (Å²) >= 11 is 0. The standard InChI is InChI=1S/C25H35NO3/c1-17(2)29-20-12-10-19(11-13-20)26-23(27)16-28-22-14-9-18(24(3,4)5)15-21(22)25(6,7)8/h9-15,17H,16H2,1-8H3,(H,26,27). The van der Waals surface area contributed by atoms with Crippen molar-refractivity contribution in [3.05, 3.63) is 53.6 Å². The van der Waals surface area contributed by atoms with Gasteiger partial charge in [-0.05, 0) is 66.1 Å². The molecule has 0 atom stereocenters. The van der Waals surface area contributed by atoms with E-state index in [0.717, 1.165) is 17.1 Å². The van der Waals surface area contributed by atoms with Crippen LogP contribution in [0.2, 0.25) is 0 Å². The van der Waals surface area contributed by atoms with E-state index in [-0.39, 0.29) is 29.4 Å². The Morgan fingerprint density at radius 3 is 2.07 bits per heavy atom. The Bertz CT molecular complexity index is 825. The summed E-state index contributed by atoms with van der Waals surface area (Å²) in [7, 11) is 0. The number of hydrogen-bond acceptors (Lipinski definition) is 3. The summed E-state index contributed by atoms with van der Waals surface area (Å²) in [6.07, 6.45) is 0.116. The molecule has 2 aromatic rings. The van der Waals surface area contributed by atoms with E-state index in [1.54, 1.807) is 0 Å². The summed E-state index contributed by atoms with van der Waals surface area (Å²) in [6, 6.07) is 13.6. The molecule has 158 valence electrons. The van der Waals surface area contributed by atoms with Crippen molar-refractivity contribution in [1.82, 2.24) is 0 Å². The molecule has 0 heterocycles. The van der Waals surface area contributed by atoms with E-state index >= 15 is 0 Å². The van der Waals surface area contributed by atoms with Gasteiger partial charge in [-0.25, -0.2) is 0 Å². The van der Waals surface area contributed by atoms with E-state index in [0.29, 0.717) is 5.69 Å². The molecule has 4 heteroatoms. The van der Waals surface area contributed by atoms with Crippen LogP contribution < -0.4 is 14.8 Å². The predicted molar refractivity (Wildman–Crippen MR) is 120 cm³/mol.